The molecule has 3 atom stereocenters. The largest absolute Gasteiger partial charge is 0.493 e. The fourth-order valence-electron chi connectivity index (χ4n) is 4.05. The van der Waals surface area contributed by atoms with Crippen LogP contribution in [0.5, 0.6) is 11.5 Å². The highest BCUT2D eigenvalue weighted by atomic mass is 16.5. The van der Waals surface area contributed by atoms with Gasteiger partial charge in [-0.1, -0.05) is 6.07 Å². The molecule has 3 unspecified atom stereocenters. The summed E-state index contributed by atoms with van der Waals surface area (Å²) in [6.07, 6.45) is 3.65. The Balaban J connectivity index is 1.78. The van der Waals surface area contributed by atoms with Crippen LogP contribution < -0.4 is 15.2 Å². The number of nitrogens with two attached hydrogens (primary N) is 1. The lowest BCUT2D eigenvalue weighted by Crippen LogP contribution is -2.38. The molecule has 0 aliphatic carbocycles. The van der Waals surface area contributed by atoms with Gasteiger partial charge in [-0.15, -0.1) is 0 Å². The number of likely N-dealkylation sites (N-methyl/N-ethyl adjacent to an activating group) is 1. The van der Waals surface area contributed by atoms with Crippen molar-refractivity contribution in [3.8, 4) is 11.5 Å². The van der Waals surface area contributed by atoms with Gasteiger partial charge in [-0.2, -0.15) is 0 Å². The van der Waals surface area contributed by atoms with E-state index in [9.17, 15) is 0 Å². The summed E-state index contributed by atoms with van der Waals surface area (Å²) in [7, 11) is 6.05. The lowest BCUT2D eigenvalue weighted by molar-refractivity contribution is 0.101. The van der Waals surface area contributed by atoms with Gasteiger partial charge in [0, 0.05) is 19.1 Å². The summed E-state index contributed by atoms with van der Waals surface area (Å²) in [6, 6.07) is 6.80. The SMILES string of the molecule is COc1ccc(C2CC(CN)CN2C)cc1OC1CCCN(C)C1. The normalized spacial score (nSPS) is 28.9. The Morgan fingerprint density at radius 2 is 2.04 bits per heavy atom. The van der Waals surface area contributed by atoms with E-state index in [1.54, 1.807) is 7.11 Å². The standard InChI is InChI=1S/C19H31N3O2/c1-21-8-4-5-16(13-21)24-19-10-15(6-7-18(19)23-3)17-9-14(11-20)12-22(17)2/h6-7,10,14,16-17H,4-5,8-9,11-13,20H2,1-3H3. The Morgan fingerprint density at radius 1 is 1.21 bits per heavy atom. The van der Waals surface area contributed by atoms with Crippen molar-refractivity contribution in [3.63, 3.8) is 0 Å². The molecular weight excluding hydrogens is 302 g/mol. The summed E-state index contributed by atoms with van der Waals surface area (Å²) in [6.45, 7) is 3.96. The van der Waals surface area contributed by atoms with Crippen molar-refractivity contribution in [2.75, 3.05) is 47.4 Å². The highest BCUT2D eigenvalue weighted by Gasteiger charge is 2.30. The van der Waals surface area contributed by atoms with Gasteiger partial charge in [0.2, 0.25) is 0 Å². The Bertz CT molecular complexity index is 551. The number of rotatable bonds is 5. The number of ether oxygens (including phenoxy) is 2. The van der Waals surface area contributed by atoms with Crippen molar-refractivity contribution >= 4 is 0 Å². The topological polar surface area (TPSA) is 51.0 Å². The Morgan fingerprint density at radius 3 is 2.71 bits per heavy atom. The van der Waals surface area contributed by atoms with E-state index in [0.29, 0.717) is 12.0 Å². The van der Waals surface area contributed by atoms with Crippen LogP contribution in [0.4, 0.5) is 0 Å². The lowest BCUT2D eigenvalue weighted by Gasteiger charge is -2.30. The molecule has 0 saturated carbocycles. The van der Waals surface area contributed by atoms with E-state index in [2.05, 4.69) is 36.0 Å². The van der Waals surface area contributed by atoms with Crippen LogP contribution in [0.15, 0.2) is 18.2 Å². The predicted molar refractivity (Wildman–Crippen MR) is 96.7 cm³/mol. The number of nitrogens with zero attached hydrogens (tertiary/aromatic N) is 2. The third-order valence-electron chi connectivity index (χ3n) is 5.42. The number of hydrogen-bond acceptors (Lipinski definition) is 5. The van der Waals surface area contributed by atoms with Gasteiger partial charge >= 0.3 is 0 Å². The maximum absolute atomic E-state index is 6.33. The van der Waals surface area contributed by atoms with Crippen LogP contribution in [0.25, 0.3) is 0 Å². The first-order valence-electron chi connectivity index (χ1n) is 9.04. The molecule has 2 aliphatic rings. The number of methoxy groups -OCH3 is 1. The zero-order chi connectivity index (χ0) is 17.1. The molecule has 2 heterocycles. The van der Waals surface area contributed by atoms with E-state index in [1.807, 2.05) is 6.07 Å². The van der Waals surface area contributed by atoms with Crippen LogP contribution in [-0.4, -0.2) is 63.3 Å². The van der Waals surface area contributed by atoms with Gasteiger partial charge in [-0.25, -0.2) is 0 Å². The summed E-state index contributed by atoms with van der Waals surface area (Å²) in [4.78, 5) is 4.73. The molecule has 5 heteroatoms. The van der Waals surface area contributed by atoms with E-state index in [-0.39, 0.29) is 6.10 Å². The van der Waals surface area contributed by atoms with Gasteiger partial charge in [0.1, 0.15) is 6.10 Å². The fourth-order valence-corrected chi connectivity index (χ4v) is 4.05. The Kier molecular flexibility index (Phi) is 5.64. The first-order chi connectivity index (χ1) is 11.6. The Labute approximate surface area is 145 Å². The molecule has 0 amide bonds. The van der Waals surface area contributed by atoms with E-state index in [0.717, 1.165) is 50.5 Å². The minimum absolute atomic E-state index is 0.242. The van der Waals surface area contributed by atoms with Crippen LogP contribution in [0.1, 0.15) is 30.9 Å². The molecule has 24 heavy (non-hydrogen) atoms. The van der Waals surface area contributed by atoms with Gasteiger partial charge in [0.05, 0.1) is 7.11 Å². The second-order valence-electron chi connectivity index (χ2n) is 7.35. The smallest absolute Gasteiger partial charge is 0.161 e. The highest BCUT2D eigenvalue weighted by Crippen LogP contribution is 2.38. The average molecular weight is 333 g/mol. The van der Waals surface area contributed by atoms with E-state index >= 15 is 0 Å². The summed E-state index contributed by atoms with van der Waals surface area (Å²) < 4.78 is 11.9. The fraction of sp³-hybridized carbons (Fsp3) is 0.684. The molecule has 1 aromatic rings. The predicted octanol–water partition coefficient (Wildman–Crippen LogP) is 2.12. The zero-order valence-corrected chi connectivity index (χ0v) is 15.2. The van der Waals surface area contributed by atoms with Gasteiger partial charge in [0.15, 0.2) is 11.5 Å². The molecule has 1 aromatic carbocycles. The van der Waals surface area contributed by atoms with Crippen LogP contribution >= 0.6 is 0 Å². The molecule has 0 radical (unpaired) electrons. The lowest BCUT2D eigenvalue weighted by atomic mass is 9.99. The number of likely N-dealkylation sites (tertiary alicyclic amines) is 2. The summed E-state index contributed by atoms with van der Waals surface area (Å²) in [5, 5.41) is 0. The molecule has 2 N–H and O–H groups in total. The first-order valence-corrected chi connectivity index (χ1v) is 9.04. The maximum atomic E-state index is 6.33. The van der Waals surface area contributed by atoms with Crippen LogP contribution in [-0.2, 0) is 0 Å². The number of hydrogen-bond donors (Lipinski definition) is 1. The minimum atomic E-state index is 0.242. The first kappa shape index (κ1) is 17.5. The maximum Gasteiger partial charge on any atom is 0.161 e. The van der Waals surface area contributed by atoms with Crippen molar-refractivity contribution < 1.29 is 9.47 Å². The van der Waals surface area contributed by atoms with Crippen molar-refractivity contribution in [1.29, 1.82) is 0 Å². The summed E-state index contributed by atoms with van der Waals surface area (Å²) in [5.41, 5.74) is 7.17. The van der Waals surface area contributed by atoms with Crippen molar-refractivity contribution in [2.24, 2.45) is 11.7 Å². The molecule has 5 nitrogen and oxygen atoms in total. The molecular formula is C19H31N3O2. The Hall–Kier alpha value is -1.30. The third-order valence-corrected chi connectivity index (χ3v) is 5.42. The summed E-state index contributed by atoms with van der Waals surface area (Å²) in [5.74, 6) is 2.28. The molecule has 0 bridgehead atoms. The molecule has 2 aliphatic heterocycles. The molecule has 0 aromatic heterocycles. The number of piperidine rings is 1. The molecule has 134 valence electrons. The van der Waals surface area contributed by atoms with Crippen molar-refractivity contribution in [3.05, 3.63) is 23.8 Å². The zero-order valence-electron chi connectivity index (χ0n) is 15.2. The van der Waals surface area contributed by atoms with Gasteiger partial charge in [0.25, 0.3) is 0 Å². The average Bonchev–Trinajstić information content (AvgIpc) is 2.96. The van der Waals surface area contributed by atoms with Gasteiger partial charge in [-0.3, -0.25) is 4.90 Å². The van der Waals surface area contributed by atoms with Crippen LogP contribution in [0.2, 0.25) is 0 Å². The minimum Gasteiger partial charge on any atom is -0.493 e. The van der Waals surface area contributed by atoms with E-state index in [4.69, 9.17) is 15.2 Å². The summed E-state index contributed by atoms with van der Waals surface area (Å²) >= 11 is 0. The highest BCUT2D eigenvalue weighted by molar-refractivity contribution is 5.44. The van der Waals surface area contributed by atoms with Crippen LogP contribution in [0.3, 0.4) is 0 Å². The second kappa shape index (κ2) is 7.72. The van der Waals surface area contributed by atoms with E-state index < -0.39 is 0 Å². The van der Waals surface area contributed by atoms with Crippen molar-refractivity contribution in [2.45, 2.75) is 31.4 Å². The third kappa shape index (κ3) is 3.85. The second-order valence-corrected chi connectivity index (χ2v) is 7.35. The molecule has 3 rings (SSSR count). The van der Waals surface area contributed by atoms with E-state index in [1.165, 1.54) is 12.0 Å². The quantitative estimate of drug-likeness (QED) is 0.894. The van der Waals surface area contributed by atoms with Gasteiger partial charge < -0.3 is 20.1 Å². The van der Waals surface area contributed by atoms with Crippen molar-refractivity contribution in [1.82, 2.24) is 9.80 Å². The van der Waals surface area contributed by atoms with Crippen LogP contribution in [0, 0.1) is 5.92 Å². The molecule has 2 saturated heterocycles. The monoisotopic (exact) mass is 333 g/mol. The number of benzene rings is 1. The molecule has 2 fully saturated rings. The molecule has 0 spiro atoms. The van der Waals surface area contributed by atoms with Gasteiger partial charge in [-0.05, 0) is 70.1 Å².